The molecule has 4 nitrogen and oxygen atoms in total. The molecule has 0 atom stereocenters. The lowest BCUT2D eigenvalue weighted by molar-refractivity contribution is -0.145. The second kappa shape index (κ2) is 3.51. The minimum atomic E-state index is -3.41. The third-order valence-corrected chi connectivity index (χ3v) is 2.91. The number of hydrogen-bond acceptors (Lipinski definition) is 3. The van der Waals surface area contributed by atoms with Crippen LogP contribution in [-0.2, 0) is 10.7 Å². The van der Waals surface area contributed by atoms with Crippen LogP contribution in [0.2, 0.25) is 0 Å². The summed E-state index contributed by atoms with van der Waals surface area (Å²) in [6, 6.07) is 0. The highest BCUT2D eigenvalue weighted by Crippen LogP contribution is 2.35. The van der Waals surface area contributed by atoms with Gasteiger partial charge in [0.05, 0.1) is 5.69 Å². The van der Waals surface area contributed by atoms with E-state index in [4.69, 9.17) is 5.11 Å². The molecule has 0 spiro atoms. The largest absolute Gasteiger partial charge is 0.481 e. The number of alkyl halides is 2. The van der Waals surface area contributed by atoms with Crippen LogP contribution in [0.1, 0.15) is 17.8 Å². The Bertz CT molecular complexity index is 547. The van der Waals surface area contributed by atoms with E-state index in [2.05, 4.69) is 4.98 Å². The summed E-state index contributed by atoms with van der Waals surface area (Å²) in [6.45, 7) is 1.45. The van der Waals surface area contributed by atoms with E-state index in [9.17, 15) is 13.6 Å². The van der Waals surface area contributed by atoms with Crippen molar-refractivity contribution in [3.8, 4) is 0 Å². The standard InChI is InChI=1S/C9H8F2N2O2S/c1-5-7(9(10,11)4-6(14)15)13-2-3-16-8(13)12-5/h2-3H,4H2,1H3,(H,14,15). The van der Waals surface area contributed by atoms with E-state index in [-0.39, 0.29) is 11.4 Å². The fourth-order valence-corrected chi connectivity index (χ4v) is 2.37. The van der Waals surface area contributed by atoms with Crippen molar-refractivity contribution in [3.05, 3.63) is 23.0 Å². The van der Waals surface area contributed by atoms with Crippen molar-refractivity contribution in [1.82, 2.24) is 9.38 Å². The van der Waals surface area contributed by atoms with Crippen molar-refractivity contribution >= 4 is 22.3 Å². The molecule has 2 rings (SSSR count). The third kappa shape index (κ3) is 1.67. The Morgan fingerprint density at radius 2 is 2.38 bits per heavy atom. The number of carboxylic acid groups (broad SMARTS) is 1. The van der Waals surface area contributed by atoms with Crippen LogP contribution in [0.25, 0.3) is 4.96 Å². The molecule has 0 saturated heterocycles. The van der Waals surface area contributed by atoms with E-state index < -0.39 is 18.3 Å². The van der Waals surface area contributed by atoms with E-state index >= 15 is 0 Å². The maximum atomic E-state index is 13.7. The van der Waals surface area contributed by atoms with Gasteiger partial charge in [0, 0.05) is 11.6 Å². The van der Waals surface area contributed by atoms with Gasteiger partial charge in [0.25, 0.3) is 5.92 Å². The number of imidazole rings is 1. The smallest absolute Gasteiger partial charge is 0.309 e. The van der Waals surface area contributed by atoms with Crippen molar-refractivity contribution < 1.29 is 18.7 Å². The highest BCUT2D eigenvalue weighted by atomic mass is 32.1. The van der Waals surface area contributed by atoms with Gasteiger partial charge in [-0.2, -0.15) is 8.78 Å². The maximum Gasteiger partial charge on any atom is 0.309 e. The first kappa shape index (κ1) is 11.0. The number of fused-ring (bicyclic) bond motifs is 1. The van der Waals surface area contributed by atoms with Crippen LogP contribution >= 0.6 is 11.3 Å². The van der Waals surface area contributed by atoms with Gasteiger partial charge in [0.2, 0.25) is 0 Å². The van der Waals surface area contributed by atoms with Crippen LogP contribution in [-0.4, -0.2) is 20.5 Å². The monoisotopic (exact) mass is 246 g/mol. The number of carboxylic acids is 1. The zero-order chi connectivity index (χ0) is 11.9. The number of hydrogen-bond donors (Lipinski definition) is 1. The Balaban J connectivity index is 2.56. The molecule has 16 heavy (non-hydrogen) atoms. The molecule has 0 aliphatic carbocycles. The van der Waals surface area contributed by atoms with Gasteiger partial charge in [-0.05, 0) is 6.92 Å². The van der Waals surface area contributed by atoms with Crippen LogP contribution in [0, 0.1) is 6.92 Å². The molecule has 0 aliphatic rings. The number of rotatable bonds is 3. The Hall–Kier alpha value is -1.50. The van der Waals surface area contributed by atoms with Gasteiger partial charge in [-0.25, -0.2) is 4.98 Å². The van der Waals surface area contributed by atoms with Crippen molar-refractivity contribution in [2.75, 3.05) is 0 Å². The van der Waals surface area contributed by atoms with E-state index in [1.165, 1.54) is 28.9 Å². The highest BCUT2D eigenvalue weighted by Gasteiger charge is 2.39. The Morgan fingerprint density at radius 3 is 3.00 bits per heavy atom. The number of aryl methyl sites for hydroxylation is 1. The van der Waals surface area contributed by atoms with E-state index in [1.807, 2.05) is 0 Å². The van der Waals surface area contributed by atoms with Crippen LogP contribution in [0.4, 0.5) is 8.78 Å². The predicted molar refractivity (Wildman–Crippen MR) is 54.0 cm³/mol. The quantitative estimate of drug-likeness (QED) is 0.903. The first-order valence-electron chi connectivity index (χ1n) is 4.44. The summed E-state index contributed by atoms with van der Waals surface area (Å²) in [5.74, 6) is -4.94. The lowest BCUT2D eigenvalue weighted by Crippen LogP contribution is -2.21. The average Bonchev–Trinajstić information content (AvgIpc) is 2.58. The molecule has 7 heteroatoms. The molecule has 0 unspecified atom stereocenters. The second-order valence-corrected chi connectivity index (χ2v) is 4.25. The van der Waals surface area contributed by atoms with Crippen molar-refractivity contribution in [3.63, 3.8) is 0 Å². The molecule has 0 aromatic carbocycles. The Kier molecular flexibility index (Phi) is 2.42. The van der Waals surface area contributed by atoms with E-state index in [0.717, 1.165) is 0 Å². The molecule has 2 heterocycles. The summed E-state index contributed by atoms with van der Waals surface area (Å²) >= 11 is 1.23. The third-order valence-electron chi connectivity index (χ3n) is 2.16. The van der Waals surface area contributed by atoms with Crippen LogP contribution in [0.15, 0.2) is 11.6 Å². The van der Waals surface area contributed by atoms with E-state index in [1.54, 1.807) is 5.38 Å². The molecular weight excluding hydrogens is 238 g/mol. The van der Waals surface area contributed by atoms with Crippen molar-refractivity contribution in [2.24, 2.45) is 0 Å². The Morgan fingerprint density at radius 1 is 1.69 bits per heavy atom. The lowest BCUT2D eigenvalue weighted by Gasteiger charge is -2.13. The van der Waals surface area contributed by atoms with Gasteiger partial charge in [-0.15, -0.1) is 11.3 Å². The SMILES string of the molecule is Cc1nc2sccn2c1C(F)(F)CC(=O)O. The zero-order valence-electron chi connectivity index (χ0n) is 8.28. The number of nitrogens with zero attached hydrogens (tertiary/aromatic N) is 2. The number of aliphatic carboxylic acids is 1. The summed E-state index contributed by atoms with van der Waals surface area (Å²) in [5, 5.41) is 10.1. The number of carbonyl (C=O) groups is 1. The molecular formula is C9H8F2N2O2S. The normalized spacial score (nSPS) is 12.2. The summed E-state index contributed by atoms with van der Waals surface area (Å²) in [5.41, 5.74) is -0.177. The molecule has 0 amide bonds. The van der Waals surface area contributed by atoms with Crippen molar-refractivity contribution in [2.45, 2.75) is 19.3 Å². The molecule has 0 aliphatic heterocycles. The zero-order valence-corrected chi connectivity index (χ0v) is 9.09. The minimum Gasteiger partial charge on any atom is -0.481 e. The molecule has 86 valence electrons. The van der Waals surface area contributed by atoms with Crippen molar-refractivity contribution in [1.29, 1.82) is 0 Å². The van der Waals surface area contributed by atoms with Gasteiger partial charge in [-0.1, -0.05) is 0 Å². The number of aromatic nitrogens is 2. The fraction of sp³-hybridized carbons (Fsp3) is 0.333. The number of halogens is 2. The van der Waals surface area contributed by atoms with Gasteiger partial charge in [-0.3, -0.25) is 9.20 Å². The highest BCUT2D eigenvalue weighted by molar-refractivity contribution is 7.15. The van der Waals surface area contributed by atoms with Gasteiger partial charge in [0.15, 0.2) is 4.96 Å². The molecule has 2 aromatic rings. The van der Waals surface area contributed by atoms with Gasteiger partial charge >= 0.3 is 5.97 Å². The van der Waals surface area contributed by atoms with Gasteiger partial charge < -0.3 is 5.11 Å². The van der Waals surface area contributed by atoms with Crippen LogP contribution in [0.5, 0.6) is 0 Å². The average molecular weight is 246 g/mol. The minimum absolute atomic E-state index is 0.165. The first-order valence-corrected chi connectivity index (χ1v) is 5.32. The summed E-state index contributed by atoms with van der Waals surface area (Å²) in [7, 11) is 0. The molecule has 2 aromatic heterocycles. The predicted octanol–water partition coefficient (Wildman–Crippen LogP) is 2.27. The molecule has 1 N–H and O–H groups in total. The number of thiazole rings is 1. The van der Waals surface area contributed by atoms with Crippen LogP contribution in [0.3, 0.4) is 0 Å². The first-order chi connectivity index (χ1) is 7.42. The summed E-state index contributed by atoms with van der Waals surface area (Å²) < 4.78 is 28.6. The Labute approximate surface area is 93.2 Å². The fourth-order valence-electron chi connectivity index (χ4n) is 1.61. The summed E-state index contributed by atoms with van der Waals surface area (Å²) in [4.78, 5) is 14.8. The molecule has 0 bridgehead atoms. The molecule has 0 saturated carbocycles. The van der Waals surface area contributed by atoms with E-state index in [0.29, 0.717) is 4.96 Å². The topological polar surface area (TPSA) is 54.6 Å². The molecule has 0 fully saturated rings. The maximum absolute atomic E-state index is 13.7. The summed E-state index contributed by atoms with van der Waals surface area (Å²) in [6.07, 6.45) is 0.239. The lowest BCUT2D eigenvalue weighted by atomic mass is 10.1. The second-order valence-electron chi connectivity index (χ2n) is 3.38. The van der Waals surface area contributed by atoms with Gasteiger partial charge in [0.1, 0.15) is 12.1 Å². The van der Waals surface area contributed by atoms with Crippen LogP contribution < -0.4 is 0 Å². The molecule has 0 radical (unpaired) electrons.